The highest BCUT2D eigenvalue weighted by molar-refractivity contribution is 7.12. The van der Waals surface area contributed by atoms with E-state index in [1.54, 1.807) is 35.6 Å². The summed E-state index contributed by atoms with van der Waals surface area (Å²) in [5.41, 5.74) is 9.29. The van der Waals surface area contributed by atoms with Gasteiger partial charge in [0.1, 0.15) is 5.56 Å². The van der Waals surface area contributed by atoms with Crippen LogP contribution in [0.15, 0.2) is 60.0 Å². The molecule has 5 aromatic heterocycles. The Morgan fingerprint density at radius 1 is 1.21 bits per heavy atom. The van der Waals surface area contributed by atoms with Crippen LogP contribution in [0.4, 0.5) is 5.82 Å². The Bertz CT molecular complexity index is 2080. The summed E-state index contributed by atoms with van der Waals surface area (Å²) in [6.07, 6.45) is 7.36. The van der Waals surface area contributed by atoms with Crippen LogP contribution in [0.5, 0.6) is 0 Å². The number of pyridine rings is 1. The highest BCUT2D eigenvalue weighted by atomic mass is 32.1. The van der Waals surface area contributed by atoms with E-state index in [2.05, 4.69) is 42.2 Å². The Labute approximate surface area is 244 Å². The number of carbonyl (C=O) groups is 1. The molecule has 0 radical (unpaired) electrons. The number of anilines is 1. The minimum absolute atomic E-state index is 0.0755. The van der Waals surface area contributed by atoms with Crippen molar-refractivity contribution < 1.29 is 4.79 Å². The van der Waals surface area contributed by atoms with Gasteiger partial charge in [0.15, 0.2) is 11.5 Å². The Morgan fingerprint density at radius 2 is 2.07 bits per heavy atom. The molecule has 42 heavy (non-hydrogen) atoms. The summed E-state index contributed by atoms with van der Waals surface area (Å²) in [6.45, 7) is 5.94. The second-order valence-corrected chi connectivity index (χ2v) is 11.1. The fourth-order valence-electron chi connectivity index (χ4n) is 4.91. The highest BCUT2D eigenvalue weighted by Crippen LogP contribution is 2.23. The van der Waals surface area contributed by atoms with Crippen LogP contribution in [-0.4, -0.2) is 40.0 Å². The first-order chi connectivity index (χ1) is 20.3. The van der Waals surface area contributed by atoms with Crippen molar-refractivity contribution in [3.8, 4) is 11.8 Å². The normalized spacial score (nSPS) is 11.9. The molecule has 0 saturated carbocycles. The number of hydrogen-bond acceptors (Lipinski definition) is 8. The molecular formula is C30H27N9O2S. The Kier molecular flexibility index (Phi) is 7.02. The molecular weight excluding hydrogens is 550 g/mol. The number of nitrogens with zero attached hydrogens (tertiary/aromatic N) is 6. The van der Waals surface area contributed by atoms with Gasteiger partial charge in [-0.15, -0.1) is 16.4 Å². The molecule has 1 aromatic carbocycles. The van der Waals surface area contributed by atoms with Gasteiger partial charge in [0.2, 0.25) is 0 Å². The molecule has 0 bridgehead atoms. The third kappa shape index (κ3) is 5.13. The number of nitrogens with one attached hydrogen (secondary N) is 2. The third-order valence-corrected chi connectivity index (χ3v) is 7.76. The molecule has 12 heteroatoms. The van der Waals surface area contributed by atoms with Crippen LogP contribution >= 0.6 is 11.3 Å². The molecule has 0 aliphatic carbocycles. The van der Waals surface area contributed by atoms with Crippen molar-refractivity contribution in [2.75, 3.05) is 5.73 Å². The van der Waals surface area contributed by atoms with Gasteiger partial charge in [-0.3, -0.25) is 9.59 Å². The molecule has 6 rings (SSSR count). The maximum Gasteiger partial charge on any atom is 0.259 e. The topological polar surface area (TPSA) is 149 Å². The van der Waals surface area contributed by atoms with Crippen molar-refractivity contribution in [3.05, 3.63) is 104 Å². The molecule has 1 unspecified atom stereocenters. The highest BCUT2D eigenvalue weighted by Gasteiger charge is 2.23. The number of aromatic nitrogens is 7. The van der Waals surface area contributed by atoms with Crippen LogP contribution < -0.4 is 16.6 Å². The van der Waals surface area contributed by atoms with Crippen molar-refractivity contribution in [2.45, 2.75) is 39.8 Å². The minimum Gasteiger partial charge on any atom is -0.381 e. The lowest BCUT2D eigenvalue weighted by Crippen LogP contribution is -2.33. The van der Waals surface area contributed by atoms with Crippen LogP contribution in [0.1, 0.15) is 55.9 Å². The van der Waals surface area contributed by atoms with Gasteiger partial charge < -0.3 is 20.6 Å². The van der Waals surface area contributed by atoms with Gasteiger partial charge in [0.05, 0.1) is 39.5 Å². The van der Waals surface area contributed by atoms with E-state index in [4.69, 9.17) is 5.73 Å². The lowest BCUT2D eigenvalue weighted by Gasteiger charge is -2.21. The lowest BCUT2D eigenvalue weighted by molar-refractivity contribution is 0.0940. The summed E-state index contributed by atoms with van der Waals surface area (Å²) in [5.74, 6) is 5.96. The summed E-state index contributed by atoms with van der Waals surface area (Å²) in [5, 5.41) is 9.41. The van der Waals surface area contributed by atoms with E-state index >= 15 is 0 Å². The second kappa shape index (κ2) is 10.9. The number of nitrogen functional groups attached to an aromatic ring is 1. The zero-order valence-corrected chi connectivity index (χ0v) is 24.0. The van der Waals surface area contributed by atoms with Crippen molar-refractivity contribution in [2.24, 2.45) is 0 Å². The number of nitrogens with two attached hydrogens (primary N) is 1. The molecule has 6 aromatic rings. The van der Waals surface area contributed by atoms with E-state index < -0.39 is 11.9 Å². The number of thiazole rings is 1. The van der Waals surface area contributed by atoms with E-state index in [-0.39, 0.29) is 16.9 Å². The zero-order valence-electron chi connectivity index (χ0n) is 23.2. The Morgan fingerprint density at radius 3 is 2.83 bits per heavy atom. The summed E-state index contributed by atoms with van der Waals surface area (Å²) in [7, 11) is 0. The standard InChI is InChI=1S/C30H27N9O2S/c1-17-9-12-39-28(35-17)26(27(31)37-39)29(40)36-18(2)24-13-21-6-4-5-20(7-8-23-15-33-19(3)42-23)25(21)30(41)38(24)11-10-22-14-32-16-34-22/h4-6,9,12-16,18H,10-11H2,1-3H3,(H2,31,37)(H,32,34)(H,36,40). The van der Waals surface area contributed by atoms with Crippen LogP contribution in [0.2, 0.25) is 0 Å². The summed E-state index contributed by atoms with van der Waals surface area (Å²) in [6, 6.07) is 8.76. The first-order valence-corrected chi connectivity index (χ1v) is 14.1. The predicted molar refractivity (Wildman–Crippen MR) is 161 cm³/mol. The number of amides is 1. The fraction of sp³-hybridized carbons (Fsp3) is 0.200. The number of imidazole rings is 1. The SMILES string of the molecule is Cc1ccn2nc(N)c(C(=O)NC(C)c3cc4cccc(C#Cc5cnc(C)s5)c4c(=O)n3CCc3c[nH]cn3)c2n1. The summed E-state index contributed by atoms with van der Waals surface area (Å²) in [4.78, 5) is 44.4. The average Bonchev–Trinajstić information content (AvgIpc) is 3.70. The van der Waals surface area contributed by atoms with Gasteiger partial charge in [-0.1, -0.05) is 18.1 Å². The smallest absolute Gasteiger partial charge is 0.259 e. The van der Waals surface area contributed by atoms with Crippen LogP contribution in [0.25, 0.3) is 16.4 Å². The summed E-state index contributed by atoms with van der Waals surface area (Å²) >= 11 is 1.50. The van der Waals surface area contributed by atoms with Crippen molar-refractivity contribution in [3.63, 3.8) is 0 Å². The van der Waals surface area contributed by atoms with Crippen LogP contribution in [0, 0.1) is 25.7 Å². The zero-order chi connectivity index (χ0) is 29.4. The minimum atomic E-state index is -0.553. The molecule has 0 aliphatic heterocycles. The number of H-pyrrole nitrogens is 1. The molecule has 5 heterocycles. The van der Waals surface area contributed by atoms with Gasteiger partial charge in [-0.05, 0) is 50.3 Å². The first kappa shape index (κ1) is 26.9. The van der Waals surface area contributed by atoms with Gasteiger partial charge in [0.25, 0.3) is 11.5 Å². The molecule has 0 saturated heterocycles. The van der Waals surface area contributed by atoms with Crippen molar-refractivity contribution in [1.29, 1.82) is 0 Å². The number of rotatable bonds is 6. The number of fused-ring (bicyclic) bond motifs is 2. The van der Waals surface area contributed by atoms with Crippen LogP contribution in [-0.2, 0) is 13.0 Å². The molecule has 1 atom stereocenters. The maximum atomic E-state index is 14.1. The molecule has 0 fully saturated rings. The van der Waals surface area contributed by atoms with Gasteiger partial charge in [0, 0.05) is 42.3 Å². The maximum absolute atomic E-state index is 14.1. The first-order valence-electron chi connectivity index (χ1n) is 13.3. The average molecular weight is 578 g/mol. The molecule has 1 amide bonds. The number of benzene rings is 1. The second-order valence-electron chi connectivity index (χ2n) is 9.89. The number of aryl methyl sites for hydroxylation is 3. The van der Waals surface area contributed by atoms with Crippen molar-refractivity contribution >= 4 is 39.5 Å². The number of carbonyl (C=O) groups excluding carboxylic acids is 1. The molecule has 11 nitrogen and oxygen atoms in total. The molecule has 210 valence electrons. The van der Waals surface area contributed by atoms with E-state index in [1.807, 2.05) is 45.0 Å². The molecule has 0 spiro atoms. The van der Waals surface area contributed by atoms with E-state index in [0.29, 0.717) is 35.3 Å². The quantitative estimate of drug-likeness (QED) is 0.256. The van der Waals surface area contributed by atoms with E-state index in [9.17, 15) is 9.59 Å². The van der Waals surface area contributed by atoms with Crippen molar-refractivity contribution in [1.82, 2.24) is 39.4 Å². The third-order valence-electron chi connectivity index (χ3n) is 6.93. The van der Waals surface area contributed by atoms with E-state index in [0.717, 1.165) is 26.7 Å². The monoisotopic (exact) mass is 577 g/mol. The number of hydrogen-bond donors (Lipinski definition) is 3. The summed E-state index contributed by atoms with van der Waals surface area (Å²) < 4.78 is 3.17. The van der Waals surface area contributed by atoms with Gasteiger partial charge in [-0.2, -0.15) is 0 Å². The fourth-order valence-corrected chi connectivity index (χ4v) is 5.54. The van der Waals surface area contributed by atoms with E-state index in [1.165, 1.54) is 15.9 Å². The Balaban J connectivity index is 1.42. The molecule has 0 aliphatic rings. The van der Waals surface area contributed by atoms with Gasteiger partial charge in [-0.25, -0.2) is 19.5 Å². The lowest BCUT2D eigenvalue weighted by atomic mass is 10.0. The Hall–Kier alpha value is -5.28. The van der Waals surface area contributed by atoms with Gasteiger partial charge >= 0.3 is 0 Å². The largest absolute Gasteiger partial charge is 0.381 e. The number of aromatic amines is 1. The predicted octanol–water partition coefficient (Wildman–Crippen LogP) is 3.56. The molecule has 4 N–H and O–H groups in total. The van der Waals surface area contributed by atoms with Crippen LogP contribution in [0.3, 0.4) is 0 Å².